The molecule has 0 amide bonds. The molecule has 0 bridgehead atoms. The van der Waals surface area contributed by atoms with Gasteiger partial charge in [-0.3, -0.25) is 0 Å². The molecule has 4 N–H and O–H groups in total. The van der Waals surface area contributed by atoms with Gasteiger partial charge in [0.15, 0.2) is 0 Å². The van der Waals surface area contributed by atoms with Crippen molar-refractivity contribution >= 4 is 23.4 Å². The van der Waals surface area contributed by atoms with E-state index in [1.54, 1.807) is 0 Å². The second kappa shape index (κ2) is 7.34. The number of aromatic nitrogens is 2. The second-order valence-corrected chi connectivity index (χ2v) is 5.25. The van der Waals surface area contributed by atoms with Crippen LogP contribution in [-0.2, 0) is 0 Å². The lowest BCUT2D eigenvalue weighted by Crippen LogP contribution is -2.18. The standard InChI is InChI=1S/C11H21N5S/c1-4-17-6-5-8(2)13-10-7-11(16-12)15-9(3)14-10/h7-8H,4-6,12H2,1-3H3,(H2,13,14,15,16). The van der Waals surface area contributed by atoms with E-state index >= 15 is 0 Å². The summed E-state index contributed by atoms with van der Waals surface area (Å²) in [5, 5.41) is 3.36. The number of anilines is 2. The van der Waals surface area contributed by atoms with Crippen LogP contribution in [0.15, 0.2) is 6.07 Å². The fraction of sp³-hybridized carbons (Fsp3) is 0.636. The fourth-order valence-corrected chi connectivity index (χ4v) is 2.25. The number of hydrogen-bond acceptors (Lipinski definition) is 6. The molecule has 96 valence electrons. The number of nitrogens with one attached hydrogen (secondary N) is 2. The van der Waals surface area contributed by atoms with E-state index in [2.05, 4.69) is 34.6 Å². The Morgan fingerprint density at radius 2 is 2.12 bits per heavy atom. The van der Waals surface area contributed by atoms with Gasteiger partial charge in [-0.1, -0.05) is 6.92 Å². The Balaban J connectivity index is 2.52. The molecule has 0 aliphatic rings. The van der Waals surface area contributed by atoms with Crippen LogP contribution in [0.2, 0.25) is 0 Å². The third-order valence-corrected chi connectivity index (χ3v) is 3.21. The fourth-order valence-electron chi connectivity index (χ4n) is 1.44. The van der Waals surface area contributed by atoms with Gasteiger partial charge in [0.25, 0.3) is 0 Å². The van der Waals surface area contributed by atoms with Crippen molar-refractivity contribution in [3.63, 3.8) is 0 Å². The van der Waals surface area contributed by atoms with Gasteiger partial charge in [-0.2, -0.15) is 11.8 Å². The van der Waals surface area contributed by atoms with E-state index in [-0.39, 0.29) is 0 Å². The summed E-state index contributed by atoms with van der Waals surface area (Å²) in [6.07, 6.45) is 1.12. The Hall–Kier alpha value is -1.01. The van der Waals surface area contributed by atoms with Crippen molar-refractivity contribution in [1.29, 1.82) is 0 Å². The SMILES string of the molecule is CCSCCC(C)Nc1cc(NN)nc(C)n1. The summed E-state index contributed by atoms with van der Waals surface area (Å²) in [6.45, 7) is 6.18. The van der Waals surface area contributed by atoms with Gasteiger partial charge in [-0.25, -0.2) is 15.8 Å². The molecule has 0 spiro atoms. The molecule has 1 aromatic rings. The maximum absolute atomic E-state index is 5.35. The smallest absolute Gasteiger partial charge is 0.145 e. The van der Waals surface area contributed by atoms with Crippen molar-refractivity contribution < 1.29 is 0 Å². The first-order valence-electron chi connectivity index (χ1n) is 5.82. The van der Waals surface area contributed by atoms with Crippen LogP contribution < -0.4 is 16.6 Å². The molecule has 0 saturated carbocycles. The van der Waals surface area contributed by atoms with Crippen molar-refractivity contribution in [3.05, 3.63) is 11.9 Å². The number of hydrazine groups is 1. The molecular formula is C11H21N5S. The van der Waals surface area contributed by atoms with E-state index in [1.165, 1.54) is 5.75 Å². The predicted molar refractivity (Wildman–Crippen MR) is 75.3 cm³/mol. The van der Waals surface area contributed by atoms with Crippen LogP contribution in [0.1, 0.15) is 26.1 Å². The molecule has 0 aromatic carbocycles. The molecule has 6 heteroatoms. The molecule has 5 nitrogen and oxygen atoms in total. The second-order valence-electron chi connectivity index (χ2n) is 3.86. The van der Waals surface area contributed by atoms with Crippen LogP contribution in [0.5, 0.6) is 0 Å². The largest absolute Gasteiger partial charge is 0.367 e. The van der Waals surface area contributed by atoms with Gasteiger partial charge in [-0.05, 0) is 31.8 Å². The number of nitrogens with two attached hydrogens (primary N) is 1. The molecule has 0 aliphatic carbocycles. The van der Waals surface area contributed by atoms with Gasteiger partial charge in [0.05, 0.1) is 0 Å². The summed E-state index contributed by atoms with van der Waals surface area (Å²) in [5.74, 6) is 9.84. The minimum Gasteiger partial charge on any atom is -0.367 e. The van der Waals surface area contributed by atoms with E-state index in [9.17, 15) is 0 Å². The third-order valence-electron chi connectivity index (χ3n) is 2.28. The van der Waals surface area contributed by atoms with Crippen molar-refractivity contribution in [1.82, 2.24) is 9.97 Å². The van der Waals surface area contributed by atoms with Crippen LogP contribution in [-0.4, -0.2) is 27.5 Å². The van der Waals surface area contributed by atoms with E-state index in [1.807, 2.05) is 24.8 Å². The lowest BCUT2D eigenvalue weighted by molar-refractivity contribution is 0.764. The van der Waals surface area contributed by atoms with Gasteiger partial charge >= 0.3 is 0 Å². The minimum absolute atomic E-state index is 0.397. The molecular weight excluding hydrogens is 234 g/mol. The molecule has 0 fully saturated rings. The number of nitrogens with zero attached hydrogens (tertiary/aromatic N) is 2. The normalized spacial score (nSPS) is 12.2. The first-order chi connectivity index (χ1) is 8.15. The molecule has 1 aromatic heterocycles. The van der Waals surface area contributed by atoms with Crippen molar-refractivity contribution in [2.24, 2.45) is 5.84 Å². The van der Waals surface area contributed by atoms with Crippen LogP contribution in [0.4, 0.5) is 11.6 Å². The maximum atomic E-state index is 5.35. The Morgan fingerprint density at radius 1 is 1.41 bits per heavy atom. The van der Waals surface area contributed by atoms with Gasteiger partial charge in [0.1, 0.15) is 17.5 Å². The summed E-state index contributed by atoms with van der Waals surface area (Å²) in [7, 11) is 0. The first kappa shape index (κ1) is 14.1. The summed E-state index contributed by atoms with van der Waals surface area (Å²) in [6, 6.07) is 2.21. The molecule has 1 atom stereocenters. The van der Waals surface area contributed by atoms with Crippen LogP contribution in [0.25, 0.3) is 0 Å². The van der Waals surface area contributed by atoms with Gasteiger partial charge in [-0.15, -0.1) is 0 Å². The lowest BCUT2D eigenvalue weighted by Gasteiger charge is -2.15. The number of aryl methyl sites for hydroxylation is 1. The highest BCUT2D eigenvalue weighted by Gasteiger charge is 2.05. The van der Waals surface area contributed by atoms with Gasteiger partial charge < -0.3 is 10.7 Å². The number of thioether (sulfide) groups is 1. The molecule has 0 aliphatic heterocycles. The summed E-state index contributed by atoms with van der Waals surface area (Å²) in [5.41, 5.74) is 2.54. The van der Waals surface area contributed by atoms with Gasteiger partial charge in [0, 0.05) is 12.1 Å². The molecule has 1 rings (SSSR count). The van der Waals surface area contributed by atoms with E-state index < -0.39 is 0 Å². The number of nitrogen functional groups attached to an aromatic ring is 1. The molecule has 1 unspecified atom stereocenters. The predicted octanol–water partition coefficient (Wildman–Crippen LogP) is 2.01. The lowest BCUT2D eigenvalue weighted by atomic mass is 10.2. The van der Waals surface area contributed by atoms with Crippen LogP contribution in [0.3, 0.4) is 0 Å². The highest BCUT2D eigenvalue weighted by atomic mass is 32.2. The Kier molecular flexibility index (Phi) is 6.07. The first-order valence-corrected chi connectivity index (χ1v) is 6.97. The zero-order valence-electron chi connectivity index (χ0n) is 10.7. The average molecular weight is 255 g/mol. The van der Waals surface area contributed by atoms with Crippen molar-refractivity contribution in [2.45, 2.75) is 33.2 Å². The zero-order chi connectivity index (χ0) is 12.7. The zero-order valence-corrected chi connectivity index (χ0v) is 11.5. The monoisotopic (exact) mass is 255 g/mol. The topological polar surface area (TPSA) is 75.9 Å². The quantitative estimate of drug-likeness (QED) is 0.393. The Morgan fingerprint density at radius 3 is 2.76 bits per heavy atom. The van der Waals surface area contributed by atoms with Crippen molar-refractivity contribution in [2.75, 3.05) is 22.2 Å². The summed E-state index contributed by atoms with van der Waals surface area (Å²) >= 11 is 1.95. The summed E-state index contributed by atoms with van der Waals surface area (Å²) in [4.78, 5) is 8.47. The summed E-state index contributed by atoms with van der Waals surface area (Å²) < 4.78 is 0. The van der Waals surface area contributed by atoms with Crippen LogP contribution >= 0.6 is 11.8 Å². The molecule has 0 radical (unpaired) electrons. The Bertz CT molecular complexity index is 345. The van der Waals surface area contributed by atoms with Crippen LogP contribution in [0, 0.1) is 6.92 Å². The van der Waals surface area contributed by atoms with E-state index in [0.717, 1.165) is 18.0 Å². The highest BCUT2D eigenvalue weighted by Crippen LogP contribution is 2.13. The minimum atomic E-state index is 0.397. The average Bonchev–Trinajstić information content (AvgIpc) is 2.28. The molecule has 0 saturated heterocycles. The van der Waals surface area contributed by atoms with Crippen molar-refractivity contribution in [3.8, 4) is 0 Å². The number of rotatable bonds is 7. The van der Waals surface area contributed by atoms with E-state index in [0.29, 0.717) is 17.7 Å². The maximum Gasteiger partial charge on any atom is 0.145 e. The van der Waals surface area contributed by atoms with E-state index in [4.69, 9.17) is 5.84 Å². The van der Waals surface area contributed by atoms with Gasteiger partial charge in [0.2, 0.25) is 0 Å². The molecule has 17 heavy (non-hydrogen) atoms. The Labute approximate surface area is 107 Å². The highest BCUT2D eigenvalue weighted by molar-refractivity contribution is 7.99. The number of hydrogen-bond donors (Lipinski definition) is 3. The third kappa shape index (κ3) is 5.23. The molecule has 1 heterocycles.